The number of ether oxygens (including phenoxy) is 1. The molecule has 2 bridgehead atoms. The van der Waals surface area contributed by atoms with Crippen LogP contribution in [0.1, 0.15) is 60.3 Å². The minimum atomic E-state index is -0.960. The number of fused-ring (bicyclic) bond motifs is 2. The van der Waals surface area contributed by atoms with E-state index in [0.717, 1.165) is 19.3 Å². The number of amides is 2. The van der Waals surface area contributed by atoms with Crippen molar-refractivity contribution in [1.29, 1.82) is 0 Å². The van der Waals surface area contributed by atoms with Crippen molar-refractivity contribution in [2.45, 2.75) is 89.2 Å². The molecule has 4 rings (SSSR count). The number of rotatable bonds is 2. The summed E-state index contributed by atoms with van der Waals surface area (Å²) >= 11 is 0. The highest BCUT2D eigenvalue weighted by molar-refractivity contribution is 5.93. The van der Waals surface area contributed by atoms with E-state index in [1.165, 1.54) is 4.90 Å². The van der Waals surface area contributed by atoms with E-state index in [4.69, 9.17) is 4.74 Å². The first-order valence-electron chi connectivity index (χ1n) is 9.65. The Labute approximate surface area is 159 Å². The van der Waals surface area contributed by atoms with Crippen molar-refractivity contribution in [2.24, 2.45) is 11.3 Å². The number of carbonyl (C=O) groups is 3. The van der Waals surface area contributed by atoms with Gasteiger partial charge in [0.05, 0.1) is 5.66 Å². The maximum atomic E-state index is 13.4. The number of nitrogens with zero attached hydrogens (tertiary/aromatic N) is 1. The summed E-state index contributed by atoms with van der Waals surface area (Å²) < 4.78 is 5.31. The van der Waals surface area contributed by atoms with Crippen molar-refractivity contribution in [2.75, 3.05) is 0 Å². The molecule has 4 atom stereocenters. The van der Waals surface area contributed by atoms with Gasteiger partial charge in [-0.25, -0.2) is 9.59 Å². The number of alkyl carbamates (subject to hydrolysis) is 1. The van der Waals surface area contributed by atoms with Crippen LogP contribution in [0.5, 0.6) is 0 Å². The van der Waals surface area contributed by atoms with E-state index in [-0.39, 0.29) is 17.2 Å². The Morgan fingerprint density at radius 2 is 1.93 bits per heavy atom. The average molecular weight is 379 g/mol. The SMILES string of the molecule is CC(C)(C)OC(=O)N[C@@H]1C(=O)N2[C@H](C(=O)O)[C@@H]3C[C@]2(CC32CC2)NC1(C)C. The number of hydrogen-bond donors (Lipinski definition) is 3. The van der Waals surface area contributed by atoms with Crippen LogP contribution in [0.2, 0.25) is 0 Å². The number of nitrogens with one attached hydrogen (secondary N) is 2. The molecule has 2 saturated carbocycles. The molecule has 0 aromatic heterocycles. The van der Waals surface area contributed by atoms with E-state index in [9.17, 15) is 19.5 Å². The van der Waals surface area contributed by atoms with Gasteiger partial charge in [-0.05, 0) is 71.6 Å². The highest BCUT2D eigenvalue weighted by atomic mass is 16.6. The third kappa shape index (κ3) is 2.63. The number of carbonyl (C=O) groups excluding carboxylic acids is 2. The van der Waals surface area contributed by atoms with Crippen LogP contribution in [0.3, 0.4) is 0 Å². The lowest BCUT2D eigenvalue weighted by molar-refractivity contribution is -0.168. The molecule has 3 N–H and O–H groups in total. The van der Waals surface area contributed by atoms with Crippen LogP contribution in [-0.2, 0) is 14.3 Å². The minimum absolute atomic E-state index is 0.0254. The van der Waals surface area contributed by atoms with Gasteiger partial charge in [-0.15, -0.1) is 0 Å². The summed E-state index contributed by atoms with van der Waals surface area (Å²) in [6.45, 7) is 9.01. The Morgan fingerprint density at radius 1 is 1.30 bits per heavy atom. The van der Waals surface area contributed by atoms with Crippen LogP contribution in [-0.4, -0.2) is 56.9 Å². The Morgan fingerprint density at radius 3 is 2.44 bits per heavy atom. The van der Waals surface area contributed by atoms with Crippen molar-refractivity contribution >= 4 is 18.0 Å². The summed E-state index contributed by atoms with van der Waals surface area (Å²) in [5.41, 5.74) is -1.97. The van der Waals surface area contributed by atoms with Crippen LogP contribution in [0.25, 0.3) is 0 Å². The first kappa shape index (κ1) is 18.5. The molecular weight excluding hydrogens is 350 g/mol. The van der Waals surface area contributed by atoms with Crippen LogP contribution >= 0.6 is 0 Å². The number of piperidine rings is 1. The maximum Gasteiger partial charge on any atom is 0.408 e. The quantitative estimate of drug-likeness (QED) is 0.670. The zero-order valence-corrected chi connectivity index (χ0v) is 16.6. The molecule has 8 nitrogen and oxygen atoms in total. The van der Waals surface area contributed by atoms with Gasteiger partial charge in [-0.2, -0.15) is 0 Å². The molecule has 2 heterocycles. The topological polar surface area (TPSA) is 108 Å². The van der Waals surface area contributed by atoms with Crippen molar-refractivity contribution < 1.29 is 24.2 Å². The number of carboxylic acid groups (broad SMARTS) is 1. The largest absolute Gasteiger partial charge is 0.480 e. The van der Waals surface area contributed by atoms with Gasteiger partial charge in [-0.1, -0.05) is 0 Å². The van der Waals surface area contributed by atoms with Gasteiger partial charge in [-0.3, -0.25) is 10.1 Å². The van der Waals surface area contributed by atoms with Gasteiger partial charge in [0.25, 0.3) is 0 Å². The van der Waals surface area contributed by atoms with E-state index in [0.29, 0.717) is 6.42 Å². The molecule has 4 fully saturated rings. The highest BCUT2D eigenvalue weighted by Crippen LogP contribution is 2.70. The molecule has 0 aromatic carbocycles. The summed E-state index contributed by atoms with van der Waals surface area (Å²) in [5.74, 6) is -1.32. The average Bonchev–Trinajstić information content (AvgIpc) is 3.04. The van der Waals surface area contributed by atoms with Gasteiger partial charge < -0.3 is 20.1 Å². The van der Waals surface area contributed by atoms with E-state index in [1.54, 1.807) is 20.8 Å². The highest BCUT2D eigenvalue weighted by Gasteiger charge is 2.76. The molecule has 150 valence electrons. The van der Waals surface area contributed by atoms with E-state index in [2.05, 4.69) is 10.6 Å². The fraction of sp³-hybridized carbons (Fsp3) is 0.842. The molecule has 8 heteroatoms. The summed E-state index contributed by atoms with van der Waals surface area (Å²) in [6, 6.07) is -1.73. The Balaban J connectivity index is 1.64. The maximum absolute atomic E-state index is 13.4. The van der Waals surface area contributed by atoms with Gasteiger partial charge in [0.1, 0.15) is 17.7 Å². The van der Waals surface area contributed by atoms with Crippen LogP contribution in [0.15, 0.2) is 0 Å². The molecule has 4 aliphatic rings. The van der Waals surface area contributed by atoms with Crippen LogP contribution in [0.4, 0.5) is 4.79 Å². The number of hydrogen-bond acceptors (Lipinski definition) is 5. The number of aliphatic carboxylic acids is 1. The Kier molecular flexibility index (Phi) is 3.54. The third-order valence-corrected chi connectivity index (χ3v) is 6.68. The van der Waals surface area contributed by atoms with Crippen LogP contribution in [0, 0.1) is 11.3 Å². The predicted octanol–water partition coefficient (Wildman–Crippen LogP) is 1.44. The second-order valence-corrected chi connectivity index (χ2v) is 10.3. The van der Waals surface area contributed by atoms with Gasteiger partial charge in [0, 0.05) is 5.54 Å². The molecular formula is C19H29N3O5. The smallest absolute Gasteiger partial charge is 0.408 e. The van der Waals surface area contributed by atoms with Gasteiger partial charge in [0.2, 0.25) is 5.91 Å². The monoisotopic (exact) mass is 379 g/mol. The first-order chi connectivity index (χ1) is 12.3. The molecule has 27 heavy (non-hydrogen) atoms. The second-order valence-electron chi connectivity index (χ2n) is 10.3. The van der Waals surface area contributed by atoms with Crippen molar-refractivity contribution in [3.05, 3.63) is 0 Å². The molecule has 2 saturated heterocycles. The molecule has 2 amide bonds. The van der Waals surface area contributed by atoms with Crippen molar-refractivity contribution in [1.82, 2.24) is 15.5 Å². The summed E-state index contributed by atoms with van der Waals surface area (Å²) in [7, 11) is 0. The fourth-order valence-electron chi connectivity index (χ4n) is 5.72. The predicted molar refractivity (Wildman–Crippen MR) is 95.8 cm³/mol. The lowest BCUT2D eigenvalue weighted by atomic mass is 9.80. The van der Waals surface area contributed by atoms with Crippen molar-refractivity contribution in [3.63, 3.8) is 0 Å². The molecule has 0 unspecified atom stereocenters. The normalized spacial score (nSPS) is 37.9. The van der Waals surface area contributed by atoms with Crippen LogP contribution < -0.4 is 10.6 Å². The zero-order valence-electron chi connectivity index (χ0n) is 16.6. The molecule has 0 radical (unpaired) electrons. The molecule has 0 aromatic rings. The standard InChI is InChI=1S/C19H29N3O5/c1-16(2,3)27-15(26)20-12-13(23)22-11(14(24)25)10-8-19(22,21-17(12,4)5)9-18(10)6-7-18/h10-12,21H,6-9H2,1-5H3,(H,20,26)(H,24,25)/t10-,11-,12+,19-/m0/s1. The summed E-state index contributed by atoms with van der Waals surface area (Å²) in [4.78, 5) is 39.3. The molecule has 2 spiro atoms. The van der Waals surface area contributed by atoms with E-state index < -0.39 is 40.9 Å². The summed E-state index contributed by atoms with van der Waals surface area (Å²) in [5, 5.41) is 16.1. The second kappa shape index (κ2) is 5.16. The molecule has 2 aliphatic heterocycles. The Bertz CT molecular complexity index is 723. The number of carboxylic acids is 1. The van der Waals surface area contributed by atoms with Crippen molar-refractivity contribution in [3.8, 4) is 0 Å². The van der Waals surface area contributed by atoms with E-state index >= 15 is 0 Å². The molecule has 2 aliphatic carbocycles. The zero-order chi connectivity index (χ0) is 20.0. The minimum Gasteiger partial charge on any atom is -0.480 e. The summed E-state index contributed by atoms with van der Waals surface area (Å²) in [6.07, 6.45) is 2.85. The third-order valence-electron chi connectivity index (χ3n) is 6.68. The van der Waals surface area contributed by atoms with E-state index in [1.807, 2.05) is 13.8 Å². The lowest BCUT2D eigenvalue weighted by Gasteiger charge is -2.55. The van der Waals surface area contributed by atoms with Gasteiger partial charge in [0.15, 0.2) is 0 Å². The lowest BCUT2D eigenvalue weighted by Crippen LogP contribution is -2.80. The Hall–Kier alpha value is -1.83. The van der Waals surface area contributed by atoms with Gasteiger partial charge >= 0.3 is 12.1 Å². The fourth-order valence-corrected chi connectivity index (χ4v) is 5.72. The first-order valence-corrected chi connectivity index (χ1v) is 9.65.